The fraction of sp³-hybridized carbons (Fsp3) is 0.381. The van der Waals surface area contributed by atoms with E-state index < -0.39 is 10.0 Å². The van der Waals surface area contributed by atoms with E-state index in [1.54, 1.807) is 12.1 Å². The van der Waals surface area contributed by atoms with Crippen molar-refractivity contribution in [1.29, 1.82) is 0 Å². The van der Waals surface area contributed by atoms with Gasteiger partial charge in [-0.25, -0.2) is 8.42 Å². The van der Waals surface area contributed by atoms with Crippen molar-refractivity contribution >= 4 is 21.6 Å². The minimum absolute atomic E-state index is 0.106. The molecule has 0 aliphatic carbocycles. The third-order valence-corrected chi connectivity index (χ3v) is 5.40. The van der Waals surface area contributed by atoms with Gasteiger partial charge < -0.3 is 10.1 Å². The van der Waals surface area contributed by atoms with Gasteiger partial charge in [0.25, 0.3) is 15.9 Å². The molecule has 0 aliphatic rings. The molecule has 0 saturated carbocycles. The molecule has 0 spiro atoms. The largest absolute Gasteiger partial charge is 0.381 e. The Morgan fingerprint density at radius 1 is 1.07 bits per heavy atom. The van der Waals surface area contributed by atoms with Gasteiger partial charge in [0.1, 0.15) is 0 Å². The molecule has 0 heterocycles. The van der Waals surface area contributed by atoms with Gasteiger partial charge in [-0.3, -0.25) is 9.52 Å². The lowest BCUT2D eigenvalue weighted by Crippen LogP contribution is -2.25. The maximum atomic E-state index is 12.5. The Hall–Kier alpha value is -2.38. The average Bonchev–Trinajstić information content (AvgIpc) is 2.66. The van der Waals surface area contributed by atoms with Crippen molar-refractivity contribution < 1.29 is 17.9 Å². The van der Waals surface area contributed by atoms with Crippen molar-refractivity contribution in [2.45, 2.75) is 32.1 Å². The number of hydrogen-bond donors (Lipinski definition) is 2. The summed E-state index contributed by atoms with van der Waals surface area (Å²) in [6.07, 6.45) is 0.727. The molecule has 2 aromatic rings. The lowest BCUT2D eigenvalue weighted by molar-refractivity contribution is 0.0925. The van der Waals surface area contributed by atoms with Crippen LogP contribution in [0.15, 0.2) is 53.4 Å². The molecule has 0 atom stereocenters. The smallest absolute Gasteiger partial charge is 0.261 e. The zero-order valence-corrected chi connectivity index (χ0v) is 17.4. The molecule has 0 saturated heterocycles. The van der Waals surface area contributed by atoms with E-state index in [-0.39, 0.29) is 10.8 Å². The Labute approximate surface area is 167 Å². The summed E-state index contributed by atoms with van der Waals surface area (Å²) in [5.74, 6) is 0.254. The summed E-state index contributed by atoms with van der Waals surface area (Å²) in [5.41, 5.74) is 1.78. The average molecular weight is 405 g/mol. The number of ether oxygens (including phenoxy) is 1. The molecule has 0 bridgehead atoms. The highest BCUT2D eigenvalue weighted by Crippen LogP contribution is 2.19. The molecule has 1 amide bonds. The number of carbonyl (C=O) groups excluding carboxylic acids is 1. The van der Waals surface area contributed by atoms with E-state index in [9.17, 15) is 13.2 Å². The number of amides is 1. The van der Waals surface area contributed by atoms with Crippen molar-refractivity contribution in [2.75, 3.05) is 24.5 Å². The minimum atomic E-state index is -3.71. The molecule has 0 unspecified atom stereocenters. The Kier molecular flexibility index (Phi) is 8.02. The van der Waals surface area contributed by atoms with E-state index in [0.29, 0.717) is 36.9 Å². The zero-order valence-electron chi connectivity index (χ0n) is 16.6. The number of carbonyl (C=O) groups is 1. The number of sulfonamides is 1. The minimum Gasteiger partial charge on any atom is -0.381 e. The molecule has 7 heteroatoms. The summed E-state index contributed by atoms with van der Waals surface area (Å²) in [6, 6.07) is 13.0. The van der Waals surface area contributed by atoms with Gasteiger partial charge in [0, 0.05) is 25.3 Å². The third-order valence-electron chi connectivity index (χ3n) is 4.02. The molecular weight excluding hydrogens is 376 g/mol. The number of benzene rings is 2. The van der Waals surface area contributed by atoms with Crippen molar-refractivity contribution in [3.8, 4) is 0 Å². The lowest BCUT2D eigenvalue weighted by atomic mass is 10.2. The molecule has 0 aromatic heterocycles. The Morgan fingerprint density at radius 3 is 2.39 bits per heavy atom. The van der Waals surface area contributed by atoms with Crippen molar-refractivity contribution in [2.24, 2.45) is 5.92 Å². The van der Waals surface area contributed by atoms with Crippen LogP contribution in [0.2, 0.25) is 0 Å². The topological polar surface area (TPSA) is 84.5 Å². The molecule has 2 N–H and O–H groups in total. The molecule has 0 fully saturated rings. The molecule has 152 valence electrons. The van der Waals surface area contributed by atoms with Crippen LogP contribution in [0.1, 0.15) is 36.2 Å². The third kappa shape index (κ3) is 6.65. The number of anilines is 1. The lowest BCUT2D eigenvalue weighted by Gasteiger charge is -2.11. The summed E-state index contributed by atoms with van der Waals surface area (Å²) in [7, 11) is -3.71. The van der Waals surface area contributed by atoms with Crippen LogP contribution in [-0.4, -0.2) is 34.1 Å². The van der Waals surface area contributed by atoms with E-state index in [2.05, 4.69) is 23.9 Å². The van der Waals surface area contributed by atoms with Gasteiger partial charge in [-0.05, 0) is 55.2 Å². The van der Waals surface area contributed by atoms with Crippen molar-refractivity contribution in [3.63, 3.8) is 0 Å². The predicted octanol–water partition coefficient (Wildman–Crippen LogP) is 3.59. The number of nitrogens with one attached hydrogen (secondary N) is 2. The van der Waals surface area contributed by atoms with E-state index in [0.717, 1.165) is 12.0 Å². The molecule has 6 nitrogen and oxygen atoms in total. The summed E-state index contributed by atoms with van der Waals surface area (Å²) < 4.78 is 33.1. The summed E-state index contributed by atoms with van der Waals surface area (Å²) in [4.78, 5) is 12.3. The van der Waals surface area contributed by atoms with Gasteiger partial charge in [-0.15, -0.1) is 0 Å². The fourth-order valence-electron chi connectivity index (χ4n) is 2.47. The summed E-state index contributed by atoms with van der Waals surface area (Å²) in [5, 5.41) is 2.81. The van der Waals surface area contributed by atoms with Crippen LogP contribution < -0.4 is 10.0 Å². The first-order chi connectivity index (χ1) is 13.3. The number of hydrogen-bond acceptors (Lipinski definition) is 4. The molecule has 0 aliphatic heterocycles. The first kappa shape index (κ1) is 21.9. The molecule has 0 radical (unpaired) electrons. The van der Waals surface area contributed by atoms with E-state index in [4.69, 9.17) is 4.74 Å². The monoisotopic (exact) mass is 404 g/mol. The van der Waals surface area contributed by atoms with Gasteiger partial charge >= 0.3 is 0 Å². The molecule has 2 aromatic carbocycles. The Bertz CT molecular complexity index is 878. The maximum absolute atomic E-state index is 12.5. The number of para-hydroxylation sites is 1. The van der Waals surface area contributed by atoms with Crippen LogP contribution in [0.5, 0.6) is 0 Å². The van der Waals surface area contributed by atoms with E-state index in [1.165, 1.54) is 24.3 Å². The van der Waals surface area contributed by atoms with Crippen molar-refractivity contribution in [1.82, 2.24) is 5.32 Å². The highest BCUT2D eigenvalue weighted by Gasteiger charge is 2.16. The SMILES string of the molecule is Cc1ccccc1NS(=O)(=O)c1ccc(C(=O)NCCCOCC(C)C)cc1. The Morgan fingerprint density at radius 2 is 1.75 bits per heavy atom. The van der Waals surface area contributed by atoms with Crippen LogP contribution in [0, 0.1) is 12.8 Å². The van der Waals surface area contributed by atoms with Crippen LogP contribution in [-0.2, 0) is 14.8 Å². The second-order valence-electron chi connectivity index (χ2n) is 7.02. The highest BCUT2D eigenvalue weighted by molar-refractivity contribution is 7.92. The fourth-order valence-corrected chi connectivity index (χ4v) is 3.60. The van der Waals surface area contributed by atoms with Gasteiger partial charge in [-0.1, -0.05) is 32.0 Å². The van der Waals surface area contributed by atoms with Crippen LogP contribution in [0.25, 0.3) is 0 Å². The Balaban J connectivity index is 1.89. The van der Waals surface area contributed by atoms with Crippen molar-refractivity contribution in [3.05, 3.63) is 59.7 Å². The number of aryl methyl sites for hydroxylation is 1. The quantitative estimate of drug-likeness (QED) is 0.593. The van der Waals surface area contributed by atoms with Crippen LogP contribution >= 0.6 is 0 Å². The van der Waals surface area contributed by atoms with Gasteiger partial charge in [-0.2, -0.15) is 0 Å². The summed E-state index contributed by atoms with van der Waals surface area (Å²) >= 11 is 0. The molecule has 28 heavy (non-hydrogen) atoms. The second kappa shape index (κ2) is 10.2. The van der Waals surface area contributed by atoms with Gasteiger partial charge in [0.15, 0.2) is 0 Å². The first-order valence-electron chi connectivity index (χ1n) is 9.34. The van der Waals surface area contributed by atoms with Crippen LogP contribution in [0.4, 0.5) is 5.69 Å². The molecule has 2 rings (SSSR count). The van der Waals surface area contributed by atoms with E-state index in [1.807, 2.05) is 19.1 Å². The maximum Gasteiger partial charge on any atom is 0.261 e. The first-order valence-corrected chi connectivity index (χ1v) is 10.8. The van der Waals surface area contributed by atoms with Gasteiger partial charge in [0.05, 0.1) is 10.6 Å². The molecular formula is C21H28N2O4S. The van der Waals surface area contributed by atoms with Gasteiger partial charge in [0.2, 0.25) is 0 Å². The zero-order chi connectivity index (χ0) is 20.6. The van der Waals surface area contributed by atoms with E-state index >= 15 is 0 Å². The standard InChI is InChI=1S/C21H28N2O4S/c1-16(2)15-27-14-6-13-22-21(24)18-9-11-19(12-10-18)28(25,26)23-20-8-5-4-7-17(20)3/h4-5,7-12,16,23H,6,13-15H2,1-3H3,(H,22,24). The van der Waals surface area contributed by atoms with Crippen LogP contribution in [0.3, 0.4) is 0 Å². The summed E-state index contributed by atoms with van der Waals surface area (Å²) in [6.45, 7) is 7.82. The normalized spacial score (nSPS) is 11.4. The second-order valence-corrected chi connectivity index (χ2v) is 8.71. The number of rotatable bonds is 10. The predicted molar refractivity (Wildman–Crippen MR) is 111 cm³/mol. The highest BCUT2D eigenvalue weighted by atomic mass is 32.2.